The number of ether oxygens (including phenoxy) is 1. The lowest BCUT2D eigenvalue weighted by Gasteiger charge is -2.07. The maximum Gasteiger partial charge on any atom is 0.264 e. The highest BCUT2D eigenvalue weighted by Crippen LogP contribution is 2.28. The molecule has 1 rings (SSSR count). The van der Waals surface area contributed by atoms with Crippen LogP contribution in [-0.2, 0) is 10.1 Å². The number of hydrogen-bond donors (Lipinski definition) is 2. The Kier molecular flexibility index (Phi) is 5.10. The summed E-state index contributed by atoms with van der Waals surface area (Å²) in [5.41, 5.74) is 6.39. The summed E-state index contributed by atoms with van der Waals surface area (Å²) in [7, 11) is -2.30. The monoisotopic (exact) mass is 277 g/mol. The van der Waals surface area contributed by atoms with Gasteiger partial charge in [0, 0.05) is 16.6 Å². The SMILES string of the molecule is COc1ccc(SCCCS(=O)(=O)O)c(N)c1. The molecule has 0 aliphatic heterocycles. The molecule has 17 heavy (non-hydrogen) atoms. The van der Waals surface area contributed by atoms with E-state index in [2.05, 4.69) is 0 Å². The lowest BCUT2D eigenvalue weighted by Crippen LogP contribution is -2.04. The highest BCUT2D eigenvalue weighted by molar-refractivity contribution is 7.99. The molecular weight excluding hydrogens is 262 g/mol. The predicted octanol–water partition coefficient (Wildman–Crippen LogP) is 1.65. The molecule has 96 valence electrons. The van der Waals surface area contributed by atoms with Crippen molar-refractivity contribution < 1.29 is 17.7 Å². The van der Waals surface area contributed by atoms with Gasteiger partial charge in [0.1, 0.15) is 5.75 Å². The van der Waals surface area contributed by atoms with Gasteiger partial charge in [0.2, 0.25) is 0 Å². The minimum absolute atomic E-state index is 0.226. The summed E-state index contributed by atoms with van der Waals surface area (Å²) in [6, 6.07) is 5.33. The van der Waals surface area contributed by atoms with Crippen molar-refractivity contribution >= 4 is 27.6 Å². The van der Waals surface area contributed by atoms with Crippen molar-refractivity contribution in [1.29, 1.82) is 0 Å². The summed E-state index contributed by atoms with van der Waals surface area (Å²) in [6.45, 7) is 0. The maximum atomic E-state index is 10.5. The molecule has 1 aromatic carbocycles. The number of thioether (sulfide) groups is 1. The lowest BCUT2D eigenvalue weighted by molar-refractivity contribution is 0.415. The fraction of sp³-hybridized carbons (Fsp3) is 0.400. The Morgan fingerprint density at radius 3 is 2.71 bits per heavy atom. The number of methoxy groups -OCH3 is 1. The number of rotatable bonds is 6. The van der Waals surface area contributed by atoms with E-state index in [0.717, 1.165) is 4.90 Å². The van der Waals surface area contributed by atoms with Crippen LogP contribution in [0, 0.1) is 0 Å². The van der Waals surface area contributed by atoms with Crippen molar-refractivity contribution in [3.05, 3.63) is 18.2 Å². The molecule has 0 atom stereocenters. The van der Waals surface area contributed by atoms with Crippen LogP contribution in [0.25, 0.3) is 0 Å². The molecule has 0 saturated carbocycles. The van der Waals surface area contributed by atoms with Crippen LogP contribution in [0.3, 0.4) is 0 Å². The van der Waals surface area contributed by atoms with Crippen molar-refractivity contribution in [2.24, 2.45) is 0 Å². The zero-order valence-electron chi connectivity index (χ0n) is 9.42. The Morgan fingerprint density at radius 1 is 1.47 bits per heavy atom. The second-order valence-electron chi connectivity index (χ2n) is 3.39. The highest BCUT2D eigenvalue weighted by Gasteiger charge is 2.05. The molecule has 0 aliphatic carbocycles. The molecule has 1 aromatic rings. The molecule has 0 unspecified atom stereocenters. The molecular formula is C10H15NO4S2. The normalized spacial score (nSPS) is 11.4. The van der Waals surface area contributed by atoms with Gasteiger partial charge in [0.05, 0.1) is 12.9 Å². The van der Waals surface area contributed by atoms with Gasteiger partial charge in [-0.2, -0.15) is 8.42 Å². The molecule has 0 amide bonds. The average Bonchev–Trinajstić information content (AvgIpc) is 2.24. The first-order valence-corrected chi connectivity index (χ1v) is 7.53. The van der Waals surface area contributed by atoms with Crippen LogP contribution in [0.15, 0.2) is 23.1 Å². The molecule has 7 heteroatoms. The number of nitrogen functional groups attached to an aromatic ring is 1. The van der Waals surface area contributed by atoms with E-state index in [1.807, 2.05) is 6.07 Å². The van der Waals surface area contributed by atoms with Crippen LogP contribution in [0.4, 0.5) is 5.69 Å². The molecule has 0 bridgehead atoms. The molecule has 0 spiro atoms. The average molecular weight is 277 g/mol. The summed E-state index contributed by atoms with van der Waals surface area (Å²) in [5.74, 6) is 1.04. The highest BCUT2D eigenvalue weighted by atomic mass is 32.2. The second kappa shape index (κ2) is 6.13. The number of benzene rings is 1. The standard InChI is InChI=1S/C10H15NO4S2/c1-15-8-3-4-10(9(11)7-8)16-5-2-6-17(12,13)14/h3-4,7H,2,5-6,11H2,1H3,(H,12,13,14). The number of hydrogen-bond acceptors (Lipinski definition) is 5. The van der Waals surface area contributed by atoms with E-state index in [4.69, 9.17) is 15.0 Å². The van der Waals surface area contributed by atoms with Crippen molar-refractivity contribution in [3.8, 4) is 5.75 Å². The Morgan fingerprint density at radius 2 is 2.18 bits per heavy atom. The van der Waals surface area contributed by atoms with Gasteiger partial charge in [-0.15, -0.1) is 11.8 Å². The third-order valence-electron chi connectivity index (χ3n) is 2.02. The van der Waals surface area contributed by atoms with E-state index in [-0.39, 0.29) is 5.75 Å². The Hall–Kier alpha value is -0.920. The summed E-state index contributed by atoms with van der Waals surface area (Å²) < 4.78 is 34.6. The summed E-state index contributed by atoms with van der Waals surface area (Å²) in [5, 5.41) is 0. The summed E-state index contributed by atoms with van der Waals surface area (Å²) in [6.07, 6.45) is 0.384. The first-order chi connectivity index (χ1) is 7.92. The third kappa shape index (κ3) is 5.29. The van der Waals surface area contributed by atoms with Crippen LogP contribution in [0.5, 0.6) is 5.75 Å². The van der Waals surface area contributed by atoms with Gasteiger partial charge in [-0.25, -0.2) is 0 Å². The van der Waals surface area contributed by atoms with Crippen molar-refractivity contribution in [3.63, 3.8) is 0 Å². The van der Waals surface area contributed by atoms with Gasteiger partial charge in [0.15, 0.2) is 0 Å². The number of anilines is 1. The first kappa shape index (κ1) is 14.1. The molecule has 0 aliphatic rings. The van der Waals surface area contributed by atoms with Gasteiger partial charge >= 0.3 is 0 Å². The molecule has 5 nitrogen and oxygen atoms in total. The topological polar surface area (TPSA) is 89.6 Å². The summed E-state index contributed by atoms with van der Waals surface area (Å²) >= 11 is 1.45. The van der Waals surface area contributed by atoms with Crippen molar-refractivity contribution in [2.75, 3.05) is 24.3 Å². The lowest BCUT2D eigenvalue weighted by atomic mass is 10.3. The van der Waals surface area contributed by atoms with Crippen LogP contribution in [-0.4, -0.2) is 31.6 Å². The minimum Gasteiger partial charge on any atom is -0.497 e. The summed E-state index contributed by atoms with van der Waals surface area (Å²) in [4.78, 5) is 0.876. The van der Waals surface area contributed by atoms with Crippen LogP contribution in [0.1, 0.15) is 6.42 Å². The quantitative estimate of drug-likeness (QED) is 0.356. The maximum absolute atomic E-state index is 10.5. The van der Waals surface area contributed by atoms with Crippen molar-refractivity contribution in [2.45, 2.75) is 11.3 Å². The Balaban J connectivity index is 2.47. The van der Waals surface area contributed by atoms with Gasteiger partial charge in [-0.1, -0.05) is 0 Å². The van der Waals surface area contributed by atoms with E-state index in [1.54, 1.807) is 19.2 Å². The van der Waals surface area contributed by atoms with E-state index < -0.39 is 10.1 Å². The Labute approximate surface area is 105 Å². The van der Waals surface area contributed by atoms with Gasteiger partial charge in [-0.05, 0) is 24.3 Å². The zero-order valence-corrected chi connectivity index (χ0v) is 11.1. The number of nitrogens with two attached hydrogens (primary N) is 1. The van der Waals surface area contributed by atoms with Crippen LogP contribution >= 0.6 is 11.8 Å². The molecule has 0 fully saturated rings. The van der Waals surface area contributed by atoms with E-state index in [1.165, 1.54) is 11.8 Å². The zero-order chi connectivity index (χ0) is 12.9. The van der Waals surface area contributed by atoms with Crippen molar-refractivity contribution in [1.82, 2.24) is 0 Å². The van der Waals surface area contributed by atoms with Gasteiger partial charge < -0.3 is 10.5 Å². The second-order valence-corrected chi connectivity index (χ2v) is 6.10. The third-order valence-corrected chi connectivity index (χ3v) is 4.00. The molecule has 3 N–H and O–H groups in total. The van der Waals surface area contributed by atoms with E-state index >= 15 is 0 Å². The predicted molar refractivity (Wildman–Crippen MR) is 69.2 cm³/mol. The Bertz CT molecular complexity index is 473. The van der Waals surface area contributed by atoms with Gasteiger partial charge in [0.25, 0.3) is 10.1 Å². The minimum atomic E-state index is -3.86. The van der Waals surface area contributed by atoms with Crippen LogP contribution in [0.2, 0.25) is 0 Å². The molecule has 0 heterocycles. The fourth-order valence-corrected chi connectivity index (χ4v) is 2.80. The molecule has 0 saturated heterocycles. The van der Waals surface area contributed by atoms with Crippen LogP contribution < -0.4 is 10.5 Å². The first-order valence-electron chi connectivity index (χ1n) is 4.94. The van der Waals surface area contributed by atoms with E-state index in [9.17, 15) is 8.42 Å². The largest absolute Gasteiger partial charge is 0.497 e. The fourth-order valence-electron chi connectivity index (χ4n) is 1.21. The smallest absolute Gasteiger partial charge is 0.264 e. The molecule has 0 aromatic heterocycles. The van der Waals surface area contributed by atoms with E-state index in [0.29, 0.717) is 23.6 Å². The molecule has 0 radical (unpaired) electrons. The van der Waals surface area contributed by atoms with Gasteiger partial charge in [-0.3, -0.25) is 4.55 Å².